The summed E-state index contributed by atoms with van der Waals surface area (Å²) < 4.78 is 5.28. The summed E-state index contributed by atoms with van der Waals surface area (Å²) in [6.07, 6.45) is 5.83. The third-order valence-electron chi connectivity index (χ3n) is 3.05. The van der Waals surface area contributed by atoms with Crippen molar-refractivity contribution >= 4 is 11.8 Å². The third-order valence-corrected chi connectivity index (χ3v) is 4.23. The van der Waals surface area contributed by atoms with Gasteiger partial charge in [0, 0.05) is 4.90 Å². The molecule has 1 fully saturated rings. The lowest BCUT2D eigenvalue weighted by atomic mass is 9.96. The smallest absolute Gasteiger partial charge is 0.114 e. The molecular weight excluding hydrogens is 206 g/mol. The van der Waals surface area contributed by atoms with Crippen LogP contribution < -0.4 is 5.32 Å². The average Bonchev–Trinajstić information content (AvgIpc) is 2.66. The minimum absolute atomic E-state index is 0.936. The van der Waals surface area contributed by atoms with Crippen molar-refractivity contribution in [2.45, 2.75) is 31.1 Å². The lowest BCUT2D eigenvalue weighted by molar-refractivity contribution is 0.367. The summed E-state index contributed by atoms with van der Waals surface area (Å²) in [4.78, 5) is 1.31. The van der Waals surface area contributed by atoms with Crippen molar-refractivity contribution in [2.24, 2.45) is 5.92 Å². The molecule has 1 aliphatic heterocycles. The van der Waals surface area contributed by atoms with Gasteiger partial charge in [0.1, 0.15) is 5.76 Å². The highest BCUT2D eigenvalue weighted by Crippen LogP contribution is 2.26. The van der Waals surface area contributed by atoms with E-state index in [0.717, 1.165) is 11.7 Å². The van der Waals surface area contributed by atoms with Gasteiger partial charge in [0.25, 0.3) is 0 Å². The number of thioether (sulfide) groups is 1. The largest absolute Gasteiger partial charge is 0.468 e. The van der Waals surface area contributed by atoms with E-state index in [0.29, 0.717) is 0 Å². The molecule has 15 heavy (non-hydrogen) atoms. The Bertz CT molecular complexity index is 292. The lowest BCUT2D eigenvalue weighted by Crippen LogP contribution is -2.27. The fourth-order valence-corrected chi connectivity index (χ4v) is 3.10. The molecule has 0 spiro atoms. The second-order valence-electron chi connectivity index (χ2n) is 4.17. The van der Waals surface area contributed by atoms with E-state index >= 15 is 0 Å². The molecule has 3 heteroatoms. The molecule has 84 valence electrons. The van der Waals surface area contributed by atoms with Crippen LogP contribution in [0.4, 0.5) is 0 Å². The monoisotopic (exact) mass is 225 g/mol. The molecule has 1 aliphatic rings. The first-order valence-corrected chi connectivity index (χ1v) is 6.72. The van der Waals surface area contributed by atoms with Gasteiger partial charge in [-0.1, -0.05) is 0 Å². The summed E-state index contributed by atoms with van der Waals surface area (Å²) in [5.41, 5.74) is 0. The highest BCUT2D eigenvalue weighted by atomic mass is 32.2. The van der Waals surface area contributed by atoms with E-state index in [1.165, 1.54) is 43.0 Å². The predicted molar refractivity (Wildman–Crippen MR) is 64.4 cm³/mol. The van der Waals surface area contributed by atoms with Crippen LogP contribution in [0.5, 0.6) is 0 Å². The van der Waals surface area contributed by atoms with Crippen molar-refractivity contribution in [3.63, 3.8) is 0 Å². The first-order chi connectivity index (χ1) is 7.36. The SMILES string of the molecule is Cc1occc1SCCC1CCNCC1. The van der Waals surface area contributed by atoms with Crippen LogP contribution in [0.2, 0.25) is 0 Å². The van der Waals surface area contributed by atoms with Crippen LogP contribution >= 0.6 is 11.8 Å². The number of nitrogens with one attached hydrogen (secondary N) is 1. The Kier molecular flexibility index (Phi) is 4.15. The van der Waals surface area contributed by atoms with Crippen molar-refractivity contribution in [1.29, 1.82) is 0 Å². The Labute approximate surface area is 95.8 Å². The van der Waals surface area contributed by atoms with Crippen LogP contribution in [-0.2, 0) is 0 Å². The fourth-order valence-electron chi connectivity index (χ4n) is 2.03. The maximum Gasteiger partial charge on any atom is 0.114 e. The standard InChI is InChI=1S/C12H19NOS/c1-10-12(4-8-14-10)15-9-5-11-2-6-13-7-3-11/h4,8,11,13H,2-3,5-7,9H2,1H3. The zero-order valence-corrected chi connectivity index (χ0v) is 10.1. The minimum atomic E-state index is 0.936. The van der Waals surface area contributed by atoms with Crippen LogP contribution in [0.3, 0.4) is 0 Å². The Morgan fingerprint density at radius 3 is 2.93 bits per heavy atom. The quantitative estimate of drug-likeness (QED) is 0.797. The van der Waals surface area contributed by atoms with Crippen molar-refractivity contribution in [2.75, 3.05) is 18.8 Å². The first kappa shape index (κ1) is 11.1. The number of piperidine rings is 1. The second kappa shape index (κ2) is 5.61. The summed E-state index contributed by atoms with van der Waals surface area (Å²) >= 11 is 1.93. The molecule has 0 aliphatic carbocycles. The van der Waals surface area contributed by atoms with Gasteiger partial charge in [-0.25, -0.2) is 0 Å². The number of hydrogen-bond donors (Lipinski definition) is 1. The summed E-state index contributed by atoms with van der Waals surface area (Å²) in [5.74, 6) is 3.22. The van der Waals surface area contributed by atoms with Gasteiger partial charge in [-0.2, -0.15) is 0 Å². The molecule has 1 saturated heterocycles. The zero-order valence-electron chi connectivity index (χ0n) is 9.29. The Morgan fingerprint density at radius 1 is 1.47 bits per heavy atom. The zero-order chi connectivity index (χ0) is 10.5. The van der Waals surface area contributed by atoms with Gasteiger partial charge in [0.2, 0.25) is 0 Å². The molecule has 1 N–H and O–H groups in total. The van der Waals surface area contributed by atoms with Gasteiger partial charge in [-0.3, -0.25) is 0 Å². The molecule has 0 amide bonds. The molecular formula is C12H19NOS. The van der Waals surface area contributed by atoms with Gasteiger partial charge < -0.3 is 9.73 Å². The molecule has 2 nitrogen and oxygen atoms in total. The first-order valence-electron chi connectivity index (χ1n) is 5.74. The number of hydrogen-bond acceptors (Lipinski definition) is 3. The van der Waals surface area contributed by atoms with Crippen LogP contribution in [0.15, 0.2) is 21.6 Å². The summed E-state index contributed by atoms with van der Waals surface area (Å²) in [5, 5.41) is 3.41. The molecule has 0 saturated carbocycles. The molecule has 0 bridgehead atoms. The summed E-state index contributed by atoms with van der Waals surface area (Å²) in [6, 6.07) is 2.07. The highest BCUT2D eigenvalue weighted by molar-refractivity contribution is 7.99. The fraction of sp³-hybridized carbons (Fsp3) is 0.667. The minimum Gasteiger partial charge on any atom is -0.468 e. The van der Waals surface area contributed by atoms with E-state index in [2.05, 4.69) is 11.4 Å². The molecule has 1 aromatic heterocycles. The molecule has 0 radical (unpaired) electrons. The Morgan fingerprint density at radius 2 is 2.27 bits per heavy atom. The van der Waals surface area contributed by atoms with E-state index in [4.69, 9.17) is 4.42 Å². The van der Waals surface area contributed by atoms with Crippen LogP contribution in [0, 0.1) is 12.8 Å². The Balaban J connectivity index is 1.68. The van der Waals surface area contributed by atoms with Gasteiger partial charge in [-0.15, -0.1) is 11.8 Å². The molecule has 0 atom stereocenters. The van der Waals surface area contributed by atoms with E-state index in [1.54, 1.807) is 6.26 Å². The van der Waals surface area contributed by atoms with Crippen molar-refractivity contribution in [1.82, 2.24) is 5.32 Å². The van der Waals surface area contributed by atoms with E-state index in [1.807, 2.05) is 18.7 Å². The molecule has 0 aromatic carbocycles. The van der Waals surface area contributed by atoms with E-state index in [9.17, 15) is 0 Å². The maximum atomic E-state index is 5.28. The topological polar surface area (TPSA) is 25.2 Å². The molecule has 2 rings (SSSR count). The summed E-state index contributed by atoms with van der Waals surface area (Å²) in [7, 11) is 0. The van der Waals surface area contributed by atoms with E-state index < -0.39 is 0 Å². The average molecular weight is 225 g/mol. The number of rotatable bonds is 4. The van der Waals surface area contributed by atoms with Crippen LogP contribution in [-0.4, -0.2) is 18.8 Å². The maximum absolute atomic E-state index is 5.28. The molecule has 2 heterocycles. The van der Waals surface area contributed by atoms with Gasteiger partial charge in [-0.05, 0) is 57.0 Å². The summed E-state index contributed by atoms with van der Waals surface area (Å²) in [6.45, 7) is 4.45. The van der Waals surface area contributed by atoms with Crippen LogP contribution in [0.1, 0.15) is 25.0 Å². The highest BCUT2D eigenvalue weighted by Gasteiger charge is 2.12. The normalized spacial score (nSPS) is 18.2. The number of aryl methyl sites for hydroxylation is 1. The molecule has 0 unspecified atom stereocenters. The van der Waals surface area contributed by atoms with Crippen molar-refractivity contribution < 1.29 is 4.42 Å². The van der Waals surface area contributed by atoms with Gasteiger partial charge in [0.15, 0.2) is 0 Å². The Hall–Kier alpha value is -0.410. The lowest BCUT2D eigenvalue weighted by Gasteiger charge is -2.22. The number of furan rings is 1. The predicted octanol–water partition coefficient (Wildman–Crippen LogP) is 3.07. The van der Waals surface area contributed by atoms with Crippen molar-refractivity contribution in [3.8, 4) is 0 Å². The second-order valence-corrected chi connectivity index (χ2v) is 5.31. The molecule has 1 aromatic rings. The van der Waals surface area contributed by atoms with Crippen molar-refractivity contribution in [3.05, 3.63) is 18.1 Å². The van der Waals surface area contributed by atoms with Crippen LogP contribution in [0.25, 0.3) is 0 Å². The van der Waals surface area contributed by atoms with Gasteiger partial charge >= 0.3 is 0 Å². The third kappa shape index (κ3) is 3.28. The van der Waals surface area contributed by atoms with E-state index in [-0.39, 0.29) is 0 Å². The van der Waals surface area contributed by atoms with Gasteiger partial charge in [0.05, 0.1) is 6.26 Å².